The molecule has 2 aliphatic rings. The van der Waals surface area contributed by atoms with Crippen LogP contribution >= 0.6 is 0 Å². The number of aliphatic hydroxyl groups excluding tert-OH is 1. The molecule has 1 amide bonds. The molecular weight excluding hydrogens is 580 g/mol. The lowest BCUT2D eigenvalue weighted by molar-refractivity contribution is 0.0307. The first-order valence-corrected chi connectivity index (χ1v) is 15.3. The highest BCUT2D eigenvalue weighted by Crippen LogP contribution is 2.41. The van der Waals surface area contributed by atoms with Gasteiger partial charge < -0.3 is 19.3 Å². The number of aromatic nitrogens is 4. The van der Waals surface area contributed by atoms with Crippen LogP contribution < -0.4 is 10.2 Å². The number of carbonyl (C=O) groups is 1. The molecule has 6 rings (SSSR count). The van der Waals surface area contributed by atoms with Gasteiger partial charge in [-0.25, -0.2) is 9.07 Å². The molecule has 1 saturated carbocycles. The number of likely N-dealkylation sites (tertiary alicyclic amines) is 1. The lowest BCUT2D eigenvalue weighted by Crippen LogP contribution is -2.54. The summed E-state index contributed by atoms with van der Waals surface area (Å²) in [6.45, 7) is 10.5. The number of ether oxygens (including phenoxy) is 1. The van der Waals surface area contributed by atoms with Crippen molar-refractivity contribution >= 4 is 16.8 Å². The average molecular weight is 620 g/mol. The monoisotopic (exact) mass is 619 g/mol. The maximum Gasteiger partial charge on any atom is 0.259 e. The van der Waals surface area contributed by atoms with Gasteiger partial charge in [-0.15, -0.1) is 5.10 Å². The van der Waals surface area contributed by atoms with Crippen LogP contribution in [0, 0.1) is 11.6 Å². The third kappa shape index (κ3) is 5.51. The predicted octanol–water partition coefficient (Wildman–Crippen LogP) is 5.85. The van der Waals surface area contributed by atoms with Crippen LogP contribution in [0.3, 0.4) is 0 Å². The van der Waals surface area contributed by atoms with Gasteiger partial charge in [-0.05, 0) is 62.1 Å². The van der Waals surface area contributed by atoms with Crippen molar-refractivity contribution in [2.75, 3.05) is 13.7 Å². The zero-order chi connectivity index (χ0) is 32.4. The smallest absolute Gasteiger partial charge is 0.259 e. The molecule has 2 fully saturated rings. The fraction of sp³-hybridized carbons (Fsp3) is 0.471. The number of methoxy groups -OCH3 is 1. The Hall–Kier alpha value is -4.12. The van der Waals surface area contributed by atoms with E-state index in [-0.39, 0.29) is 46.3 Å². The van der Waals surface area contributed by atoms with Crippen LogP contribution in [0.2, 0.25) is 0 Å². The summed E-state index contributed by atoms with van der Waals surface area (Å²) < 4.78 is 37.8. The predicted molar refractivity (Wildman–Crippen MR) is 166 cm³/mol. The van der Waals surface area contributed by atoms with E-state index in [0.717, 1.165) is 24.5 Å². The minimum absolute atomic E-state index is 0.0104. The molecule has 238 valence electrons. The van der Waals surface area contributed by atoms with E-state index in [9.17, 15) is 23.5 Å². The number of fused-ring (bicyclic) bond motifs is 1. The molecule has 3 heterocycles. The number of carbonyl (C=O) groups excluding carboxylic acids is 1. The van der Waals surface area contributed by atoms with Crippen molar-refractivity contribution in [1.29, 1.82) is 0 Å². The topological polar surface area (TPSA) is 102 Å². The SMILES string of the molecule is COc1c(F)c(F)cc2c(=O)c(C(=O)N3CC(n4cc(C(O)c5ccc(C(C)(C)C)cc5)nn4)CCC3(C)C)cn(C3CC3)c12. The molecule has 11 heteroatoms. The molecule has 2 atom stereocenters. The van der Waals surface area contributed by atoms with Crippen LogP contribution in [0.15, 0.2) is 47.5 Å². The van der Waals surface area contributed by atoms with Crippen LogP contribution in [0.25, 0.3) is 10.9 Å². The molecule has 4 aromatic rings. The van der Waals surface area contributed by atoms with Crippen molar-refractivity contribution in [3.8, 4) is 5.75 Å². The summed E-state index contributed by atoms with van der Waals surface area (Å²) in [6, 6.07) is 8.33. The molecule has 45 heavy (non-hydrogen) atoms. The first kappa shape index (κ1) is 30.9. The first-order valence-electron chi connectivity index (χ1n) is 15.3. The van der Waals surface area contributed by atoms with E-state index in [1.54, 1.807) is 20.3 Å². The molecule has 1 N–H and O–H groups in total. The standard InChI is InChI=1S/C34H39F2N5O4/c1-33(2,3)20-9-7-19(8-10-20)29(42)26-18-41(38-37-26)22-13-14-34(4,5)40(16-22)32(44)24-17-39(21-11-12-21)28-23(30(24)43)15-25(35)27(36)31(28)45-6/h7-10,15,17-18,21-22,29,42H,11-14,16H2,1-6H3. The second kappa shape index (κ2) is 11.0. The van der Waals surface area contributed by atoms with Crippen molar-refractivity contribution < 1.29 is 23.4 Å². The highest BCUT2D eigenvalue weighted by atomic mass is 19.2. The van der Waals surface area contributed by atoms with E-state index >= 15 is 0 Å². The summed E-state index contributed by atoms with van der Waals surface area (Å²) in [7, 11) is 1.23. The molecule has 0 spiro atoms. The maximum absolute atomic E-state index is 14.7. The van der Waals surface area contributed by atoms with Gasteiger partial charge in [0.05, 0.1) is 30.3 Å². The zero-order valence-corrected chi connectivity index (χ0v) is 26.5. The van der Waals surface area contributed by atoms with Crippen LogP contribution in [-0.4, -0.2) is 54.7 Å². The summed E-state index contributed by atoms with van der Waals surface area (Å²) >= 11 is 0. The number of pyridine rings is 1. The number of amides is 1. The lowest BCUT2D eigenvalue weighted by Gasteiger charge is -2.45. The van der Waals surface area contributed by atoms with E-state index in [2.05, 4.69) is 31.1 Å². The molecule has 0 radical (unpaired) electrons. The van der Waals surface area contributed by atoms with Crippen LogP contribution in [-0.2, 0) is 5.41 Å². The Morgan fingerprint density at radius 1 is 1.09 bits per heavy atom. The second-order valence-electron chi connectivity index (χ2n) is 13.9. The Labute approximate surface area is 260 Å². The maximum atomic E-state index is 14.7. The van der Waals surface area contributed by atoms with Crippen LogP contribution in [0.1, 0.15) is 106 Å². The van der Waals surface area contributed by atoms with Gasteiger partial charge in [0.15, 0.2) is 11.6 Å². The Morgan fingerprint density at radius 3 is 2.40 bits per heavy atom. The first-order chi connectivity index (χ1) is 21.2. The number of nitrogens with zero attached hydrogens (tertiary/aromatic N) is 5. The van der Waals surface area contributed by atoms with E-state index in [1.165, 1.54) is 13.3 Å². The Kier molecular flexibility index (Phi) is 7.58. The van der Waals surface area contributed by atoms with Gasteiger partial charge in [-0.1, -0.05) is 50.3 Å². The third-order valence-corrected chi connectivity index (χ3v) is 9.27. The van der Waals surface area contributed by atoms with E-state index in [1.807, 2.05) is 38.1 Å². The number of hydrogen-bond donors (Lipinski definition) is 1. The van der Waals surface area contributed by atoms with E-state index < -0.39 is 34.6 Å². The van der Waals surface area contributed by atoms with Gasteiger partial charge in [-0.3, -0.25) is 9.59 Å². The van der Waals surface area contributed by atoms with Crippen LogP contribution in [0.5, 0.6) is 5.75 Å². The summed E-state index contributed by atoms with van der Waals surface area (Å²) in [6.07, 6.45) is 5.09. The van der Waals surface area contributed by atoms with Crippen molar-refractivity contribution in [2.45, 2.75) is 89.4 Å². The number of piperidine rings is 1. The highest BCUT2D eigenvalue weighted by molar-refractivity contribution is 5.99. The van der Waals surface area contributed by atoms with Crippen molar-refractivity contribution in [2.24, 2.45) is 0 Å². The third-order valence-electron chi connectivity index (χ3n) is 9.27. The molecule has 9 nitrogen and oxygen atoms in total. The Balaban J connectivity index is 1.31. The molecule has 2 aromatic carbocycles. The number of aliphatic hydroxyl groups is 1. The molecule has 1 aliphatic carbocycles. The summed E-state index contributed by atoms with van der Waals surface area (Å²) in [5, 5.41) is 19.5. The molecule has 2 unspecified atom stereocenters. The largest absolute Gasteiger partial charge is 0.491 e. The molecular formula is C34H39F2N5O4. The van der Waals surface area contributed by atoms with Crippen molar-refractivity contribution in [3.63, 3.8) is 0 Å². The lowest BCUT2D eigenvalue weighted by atomic mass is 9.86. The Bertz CT molecular complexity index is 1840. The van der Waals surface area contributed by atoms with Crippen molar-refractivity contribution in [1.82, 2.24) is 24.5 Å². The van der Waals surface area contributed by atoms with E-state index in [4.69, 9.17) is 4.74 Å². The summed E-state index contributed by atoms with van der Waals surface area (Å²) in [5.41, 5.74) is 1.02. The molecule has 0 bridgehead atoms. The molecule has 2 aromatic heterocycles. The number of benzene rings is 2. The summed E-state index contributed by atoms with van der Waals surface area (Å²) in [4.78, 5) is 29.6. The minimum Gasteiger partial charge on any atom is -0.491 e. The highest BCUT2D eigenvalue weighted by Gasteiger charge is 2.40. The minimum atomic E-state index is -1.21. The fourth-order valence-corrected chi connectivity index (χ4v) is 6.26. The van der Waals surface area contributed by atoms with Gasteiger partial charge in [0.25, 0.3) is 5.91 Å². The average Bonchev–Trinajstić information content (AvgIpc) is 3.73. The van der Waals surface area contributed by atoms with E-state index in [0.29, 0.717) is 24.1 Å². The molecule has 1 saturated heterocycles. The van der Waals surface area contributed by atoms with Gasteiger partial charge in [0, 0.05) is 24.3 Å². The van der Waals surface area contributed by atoms with Gasteiger partial charge >= 0.3 is 0 Å². The van der Waals surface area contributed by atoms with Crippen LogP contribution in [0.4, 0.5) is 8.78 Å². The molecule has 1 aliphatic heterocycles. The fourth-order valence-electron chi connectivity index (χ4n) is 6.26. The van der Waals surface area contributed by atoms with Crippen molar-refractivity contribution in [3.05, 3.63) is 87.0 Å². The van der Waals surface area contributed by atoms with Gasteiger partial charge in [-0.2, -0.15) is 4.39 Å². The van der Waals surface area contributed by atoms with Gasteiger partial charge in [0.1, 0.15) is 17.4 Å². The number of halogens is 2. The number of rotatable bonds is 6. The zero-order valence-electron chi connectivity index (χ0n) is 26.5. The second-order valence-corrected chi connectivity index (χ2v) is 13.9. The Morgan fingerprint density at radius 2 is 1.78 bits per heavy atom. The summed E-state index contributed by atoms with van der Waals surface area (Å²) in [5.74, 6) is -3.22. The van der Waals surface area contributed by atoms with Gasteiger partial charge in [0.2, 0.25) is 11.2 Å². The quantitative estimate of drug-likeness (QED) is 0.291. The number of hydrogen-bond acceptors (Lipinski definition) is 6. The normalized spacial score (nSPS) is 19.1.